The first-order valence-electron chi connectivity index (χ1n) is 8.91. The summed E-state index contributed by atoms with van der Waals surface area (Å²) in [6.07, 6.45) is 1.79. The van der Waals surface area contributed by atoms with Crippen LogP contribution < -0.4 is 5.32 Å². The van der Waals surface area contributed by atoms with Crippen molar-refractivity contribution in [2.45, 2.75) is 0 Å². The molecule has 5 aromatic rings. The average molecular weight is 383 g/mol. The molecule has 0 saturated heterocycles. The van der Waals surface area contributed by atoms with E-state index in [0.717, 1.165) is 38.9 Å². The highest BCUT2D eigenvalue weighted by molar-refractivity contribution is 6.30. The van der Waals surface area contributed by atoms with E-state index in [1.165, 1.54) is 0 Å². The molecule has 0 saturated carbocycles. The number of halogens is 1. The van der Waals surface area contributed by atoms with Gasteiger partial charge in [0.1, 0.15) is 11.5 Å². The number of pyridine rings is 1. The van der Waals surface area contributed by atoms with Crippen LogP contribution in [0.4, 0.5) is 11.5 Å². The van der Waals surface area contributed by atoms with Crippen molar-refractivity contribution in [3.63, 3.8) is 0 Å². The third kappa shape index (κ3) is 3.04. The Balaban J connectivity index is 1.71. The van der Waals surface area contributed by atoms with E-state index in [-0.39, 0.29) is 0 Å². The molecule has 0 spiro atoms. The van der Waals surface area contributed by atoms with Gasteiger partial charge in [0.05, 0.1) is 5.52 Å². The molecule has 1 N–H and O–H groups in total. The maximum Gasteiger partial charge on any atom is 0.181 e. The van der Waals surface area contributed by atoms with E-state index in [4.69, 9.17) is 21.6 Å². The Hall–Kier alpha value is -3.50. The molecule has 0 fully saturated rings. The highest BCUT2D eigenvalue weighted by Gasteiger charge is 2.13. The standard InChI is InChI=1S/C23H15ClN4/c24-16-9-11-17(12-10-16)26-22-19-7-3-4-8-20(19)27-23(28-22)21-18-6-2-1-5-15(18)13-14-25-21/h1-14H,(H,26,27,28). The second-order valence-electron chi connectivity index (χ2n) is 6.43. The van der Waals surface area contributed by atoms with E-state index in [1.807, 2.05) is 72.8 Å². The summed E-state index contributed by atoms with van der Waals surface area (Å²) < 4.78 is 0. The average Bonchev–Trinajstić information content (AvgIpc) is 2.75. The molecule has 0 radical (unpaired) electrons. The third-order valence-corrected chi connectivity index (χ3v) is 4.85. The summed E-state index contributed by atoms with van der Waals surface area (Å²) in [4.78, 5) is 14.2. The van der Waals surface area contributed by atoms with Crippen molar-refractivity contribution in [1.29, 1.82) is 0 Å². The lowest BCUT2D eigenvalue weighted by Gasteiger charge is -2.12. The molecule has 28 heavy (non-hydrogen) atoms. The fourth-order valence-electron chi connectivity index (χ4n) is 3.25. The predicted molar refractivity (Wildman–Crippen MR) is 115 cm³/mol. The predicted octanol–water partition coefficient (Wildman–Crippen LogP) is 6.24. The van der Waals surface area contributed by atoms with Crippen molar-refractivity contribution >= 4 is 44.8 Å². The first kappa shape index (κ1) is 16.7. The minimum absolute atomic E-state index is 0.590. The lowest BCUT2D eigenvalue weighted by Crippen LogP contribution is -2.00. The molecule has 0 atom stereocenters. The van der Waals surface area contributed by atoms with Crippen LogP contribution in [0.1, 0.15) is 0 Å². The molecule has 0 aliphatic rings. The van der Waals surface area contributed by atoms with Gasteiger partial charge in [-0.05, 0) is 47.9 Å². The van der Waals surface area contributed by atoms with Crippen LogP contribution in [0.5, 0.6) is 0 Å². The molecule has 5 rings (SSSR count). The number of nitrogens with one attached hydrogen (secondary N) is 1. The number of fused-ring (bicyclic) bond motifs is 2. The number of aromatic nitrogens is 3. The van der Waals surface area contributed by atoms with Gasteiger partial charge in [-0.15, -0.1) is 0 Å². The Kier molecular flexibility index (Phi) is 4.11. The van der Waals surface area contributed by atoms with Crippen LogP contribution in [0, 0.1) is 0 Å². The van der Waals surface area contributed by atoms with Gasteiger partial charge in [-0.2, -0.15) is 0 Å². The van der Waals surface area contributed by atoms with Gasteiger partial charge < -0.3 is 5.32 Å². The van der Waals surface area contributed by atoms with Crippen LogP contribution in [0.2, 0.25) is 5.02 Å². The van der Waals surface area contributed by atoms with Gasteiger partial charge in [0.2, 0.25) is 0 Å². The zero-order valence-corrected chi connectivity index (χ0v) is 15.6. The van der Waals surface area contributed by atoms with E-state index < -0.39 is 0 Å². The van der Waals surface area contributed by atoms with Gasteiger partial charge in [-0.25, -0.2) is 9.97 Å². The summed E-state index contributed by atoms with van der Waals surface area (Å²) in [6.45, 7) is 0. The van der Waals surface area contributed by atoms with Gasteiger partial charge in [-0.3, -0.25) is 4.98 Å². The molecule has 0 bridgehead atoms. The number of para-hydroxylation sites is 1. The number of hydrogen-bond donors (Lipinski definition) is 1. The molecule has 0 aliphatic heterocycles. The molecule has 0 aliphatic carbocycles. The maximum atomic E-state index is 6.01. The lowest BCUT2D eigenvalue weighted by atomic mass is 10.1. The lowest BCUT2D eigenvalue weighted by molar-refractivity contribution is 1.19. The van der Waals surface area contributed by atoms with E-state index in [9.17, 15) is 0 Å². The minimum atomic E-state index is 0.590. The Morgan fingerprint density at radius 3 is 2.32 bits per heavy atom. The summed E-state index contributed by atoms with van der Waals surface area (Å²) in [5, 5.41) is 7.17. The van der Waals surface area contributed by atoms with Gasteiger partial charge in [-0.1, -0.05) is 48.0 Å². The molecule has 3 aromatic carbocycles. The maximum absolute atomic E-state index is 6.01. The zero-order valence-electron chi connectivity index (χ0n) is 14.8. The van der Waals surface area contributed by atoms with E-state index >= 15 is 0 Å². The van der Waals surface area contributed by atoms with Gasteiger partial charge in [0, 0.05) is 27.7 Å². The highest BCUT2D eigenvalue weighted by Crippen LogP contribution is 2.30. The highest BCUT2D eigenvalue weighted by atomic mass is 35.5. The fourth-order valence-corrected chi connectivity index (χ4v) is 3.37. The number of hydrogen-bond acceptors (Lipinski definition) is 4. The Labute approximate surface area is 166 Å². The summed E-state index contributed by atoms with van der Waals surface area (Å²) >= 11 is 6.01. The second kappa shape index (κ2) is 6.91. The summed E-state index contributed by atoms with van der Waals surface area (Å²) in [6, 6.07) is 25.6. The van der Waals surface area contributed by atoms with Gasteiger partial charge >= 0.3 is 0 Å². The summed E-state index contributed by atoms with van der Waals surface area (Å²) in [7, 11) is 0. The molecular formula is C23H15ClN4. The quantitative estimate of drug-likeness (QED) is 0.401. The topological polar surface area (TPSA) is 50.7 Å². The first-order chi connectivity index (χ1) is 13.8. The third-order valence-electron chi connectivity index (χ3n) is 4.60. The molecule has 0 unspecified atom stereocenters. The van der Waals surface area contributed by atoms with Crippen molar-refractivity contribution in [2.75, 3.05) is 5.32 Å². The summed E-state index contributed by atoms with van der Waals surface area (Å²) in [5.41, 5.74) is 2.53. The van der Waals surface area contributed by atoms with Gasteiger partial charge in [0.25, 0.3) is 0 Å². The molecular weight excluding hydrogens is 368 g/mol. The number of benzene rings is 3. The monoisotopic (exact) mass is 382 g/mol. The van der Waals surface area contributed by atoms with E-state index in [0.29, 0.717) is 10.8 Å². The van der Waals surface area contributed by atoms with Crippen molar-refractivity contribution in [1.82, 2.24) is 15.0 Å². The van der Waals surface area contributed by atoms with E-state index in [1.54, 1.807) is 6.20 Å². The summed E-state index contributed by atoms with van der Waals surface area (Å²) in [5.74, 6) is 1.32. The molecule has 0 amide bonds. The van der Waals surface area contributed by atoms with Crippen LogP contribution in [-0.2, 0) is 0 Å². The van der Waals surface area contributed by atoms with Gasteiger partial charge in [0.15, 0.2) is 5.82 Å². The SMILES string of the molecule is Clc1ccc(Nc2nc(-c3nccc4ccccc34)nc3ccccc23)cc1. The largest absolute Gasteiger partial charge is 0.340 e. The number of anilines is 2. The second-order valence-corrected chi connectivity index (χ2v) is 6.86. The van der Waals surface area contributed by atoms with Crippen LogP contribution in [0.3, 0.4) is 0 Å². The number of nitrogens with zero attached hydrogens (tertiary/aromatic N) is 3. The minimum Gasteiger partial charge on any atom is -0.340 e. The van der Waals surface area contributed by atoms with Crippen molar-refractivity contribution in [3.8, 4) is 11.5 Å². The Morgan fingerprint density at radius 1 is 0.714 bits per heavy atom. The van der Waals surface area contributed by atoms with Crippen molar-refractivity contribution in [3.05, 3.63) is 90.1 Å². The smallest absolute Gasteiger partial charge is 0.181 e. The van der Waals surface area contributed by atoms with Crippen molar-refractivity contribution < 1.29 is 0 Å². The molecule has 2 heterocycles. The van der Waals surface area contributed by atoms with Crippen LogP contribution >= 0.6 is 11.6 Å². The normalized spacial score (nSPS) is 11.0. The molecule has 134 valence electrons. The van der Waals surface area contributed by atoms with E-state index in [2.05, 4.69) is 16.4 Å². The molecule has 2 aromatic heterocycles. The Bertz CT molecular complexity index is 1290. The fraction of sp³-hybridized carbons (Fsp3) is 0. The number of rotatable bonds is 3. The zero-order chi connectivity index (χ0) is 18.9. The van der Waals surface area contributed by atoms with Crippen LogP contribution in [-0.4, -0.2) is 15.0 Å². The molecule has 4 nitrogen and oxygen atoms in total. The molecule has 5 heteroatoms. The first-order valence-corrected chi connectivity index (χ1v) is 9.29. The van der Waals surface area contributed by atoms with Crippen LogP contribution in [0.15, 0.2) is 85.1 Å². The van der Waals surface area contributed by atoms with Crippen LogP contribution in [0.25, 0.3) is 33.2 Å². The van der Waals surface area contributed by atoms with Crippen molar-refractivity contribution in [2.24, 2.45) is 0 Å². The Morgan fingerprint density at radius 2 is 1.46 bits per heavy atom.